The Morgan fingerprint density at radius 1 is 1.09 bits per heavy atom. The number of rotatable bonds is 2. The standard InChI is InChI=1S/C18H12N4O/c19-10-12-11-22-17(16(12)20-13-6-2-1-3-7-13)21-15-9-5-4-8-14(15)18(22)23/h1-9,20H,11H2. The van der Waals surface area contributed by atoms with Crippen molar-refractivity contribution in [1.29, 1.82) is 5.26 Å². The van der Waals surface area contributed by atoms with Crippen molar-refractivity contribution < 1.29 is 0 Å². The molecule has 0 fully saturated rings. The third kappa shape index (κ3) is 2.09. The zero-order valence-corrected chi connectivity index (χ0v) is 12.2. The fourth-order valence-corrected chi connectivity index (χ4v) is 2.77. The van der Waals surface area contributed by atoms with E-state index in [1.807, 2.05) is 48.5 Å². The van der Waals surface area contributed by atoms with E-state index in [1.165, 1.54) is 0 Å². The molecule has 4 rings (SSSR count). The molecule has 0 saturated heterocycles. The summed E-state index contributed by atoms with van der Waals surface area (Å²) in [6.07, 6.45) is 0. The fraction of sp³-hybridized carbons (Fsp3) is 0.0556. The molecule has 0 aliphatic carbocycles. The first kappa shape index (κ1) is 13.3. The average Bonchev–Trinajstić information content (AvgIpc) is 2.94. The number of hydrogen-bond donors (Lipinski definition) is 1. The van der Waals surface area contributed by atoms with E-state index in [9.17, 15) is 10.1 Å². The molecule has 1 aliphatic heterocycles. The number of aromatic nitrogens is 2. The first-order valence-corrected chi connectivity index (χ1v) is 7.23. The summed E-state index contributed by atoms with van der Waals surface area (Å²) < 4.78 is 1.55. The molecule has 2 heterocycles. The van der Waals surface area contributed by atoms with Crippen molar-refractivity contribution >= 4 is 22.3 Å². The Labute approximate surface area is 132 Å². The summed E-state index contributed by atoms with van der Waals surface area (Å²) in [5, 5.41) is 13.2. The molecule has 1 aromatic heterocycles. The van der Waals surface area contributed by atoms with Gasteiger partial charge in [0.05, 0.1) is 34.8 Å². The smallest absolute Gasteiger partial charge is 0.262 e. The molecule has 23 heavy (non-hydrogen) atoms. The SMILES string of the molecule is N#CC1=C(Nc2ccccc2)c2nc3ccccc3c(=O)n2C1. The van der Waals surface area contributed by atoms with Gasteiger partial charge < -0.3 is 5.32 Å². The average molecular weight is 300 g/mol. The summed E-state index contributed by atoms with van der Waals surface area (Å²) >= 11 is 0. The minimum absolute atomic E-state index is 0.122. The Bertz CT molecular complexity index is 1040. The number of nitrogens with one attached hydrogen (secondary N) is 1. The molecular formula is C18H12N4O. The maximum atomic E-state index is 12.6. The highest BCUT2D eigenvalue weighted by Crippen LogP contribution is 2.27. The van der Waals surface area contributed by atoms with Crippen LogP contribution in [0.1, 0.15) is 5.82 Å². The molecule has 0 amide bonds. The molecule has 1 N–H and O–H groups in total. The minimum Gasteiger partial charge on any atom is -0.352 e. The predicted molar refractivity (Wildman–Crippen MR) is 88.6 cm³/mol. The number of para-hydroxylation sites is 2. The van der Waals surface area contributed by atoms with Crippen LogP contribution in [0.5, 0.6) is 0 Å². The monoisotopic (exact) mass is 300 g/mol. The second kappa shape index (κ2) is 5.11. The normalized spacial score (nSPS) is 13.0. The van der Waals surface area contributed by atoms with E-state index < -0.39 is 0 Å². The molecule has 5 heteroatoms. The molecule has 0 saturated carbocycles. The molecule has 5 nitrogen and oxygen atoms in total. The van der Waals surface area contributed by atoms with Crippen LogP contribution >= 0.6 is 0 Å². The summed E-state index contributed by atoms with van der Waals surface area (Å²) in [5.41, 5.74) is 2.47. The molecule has 0 spiro atoms. The van der Waals surface area contributed by atoms with Crippen LogP contribution in [0.4, 0.5) is 5.69 Å². The van der Waals surface area contributed by atoms with E-state index in [0.29, 0.717) is 28.0 Å². The molecule has 110 valence electrons. The van der Waals surface area contributed by atoms with Gasteiger partial charge in [-0.05, 0) is 24.3 Å². The van der Waals surface area contributed by atoms with E-state index in [4.69, 9.17) is 0 Å². The second-order valence-electron chi connectivity index (χ2n) is 5.30. The van der Waals surface area contributed by atoms with Gasteiger partial charge in [-0.1, -0.05) is 30.3 Å². The van der Waals surface area contributed by atoms with Crippen LogP contribution in [0.25, 0.3) is 16.6 Å². The van der Waals surface area contributed by atoms with Gasteiger partial charge in [0.25, 0.3) is 5.56 Å². The zero-order chi connectivity index (χ0) is 15.8. The molecule has 0 atom stereocenters. The first-order valence-electron chi connectivity index (χ1n) is 7.23. The van der Waals surface area contributed by atoms with E-state index in [2.05, 4.69) is 16.4 Å². The molecule has 0 bridgehead atoms. The van der Waals surface area contributed by atoms with E-state index in [0.717, 1.165) is 5.69 Å². The van der Waals surface area contributed by atoms with Crippen molar-refractivity contribution in [1.82, 2.24) is 9.55 Å². The van der Waals surface area contributed by atoms with Gasteiger partial charge in [-0.25, -0.2) is 4.98 Å². The molecule has 3 aromatic rings. The number of hydrogen-bond acceptors (Lipinski definition) is 4. The second-order valence-corrected chi connectivity index (χ2v) is 5.30. The molecule has 0 unspecified atom stereocenters. The third-order valence-electron chi connectivity index (χ3n) is 3.88. The van der Waals surface area contributed by atoms with Crippen LogP contribution < -0.4 is 10.9 Å². The molecule has 1 aliphatic rings. The minimum atomic E-state index is -0.122. The number of fused-ring (bicyclic) bond motifs is 2. The number of anilines is 1. The van der Waals surface area contributed by atoms with Crippen molar-refractivity contribution in [3.05, 3.63) is 76.3 Å². The Morgan fingerprint density at radius 3 is 2.61 bits per heavy atom. The topological polar surface area (TPSA) is 70.7 Å². The maximum Gasteiger partial charge on any atom is 0.262 e. The Hall–Kier alpha value is -3.39. The van der Waals surface area contributed by atoms with E-state index >= 15 is 0 Å². The van der Waals surface area contributed by atoms with Crippen LogP contribution in [0.2, 0.25) is 0 Å². The predicted octanol–water partition coefficient (Wildman–Crippen LogP) is 2.76. The van der Waals surface area contributed by atoms with Gasteiger partial charge >= 0.3 is 0 Å². The number of nitriles is 1. The van der Waals surface area contributed by atoms with Crippen molar-refractivity contribution in [3.8, 4) is 6.07 Å². The van der Waals surface area contributed by atoms with Crippen molar-refractivity contribution in [2.45, 2.75) is 6.54 Å². The van der Waals surface area contributed by atoms with Crippen LogP contribution in [-0.2, 0) is 6.54 Å². The third-order valence-corrected chi connectivity index (χ3v) is 3.88. The summed E-state index contributed by atoms with van der Waals surface area (Å²) in [5.74, 6) is 0.508. The summed E-state index contributed by atoms with van der Waals surface area (Å²) in [6.45, 7) is 0.248. The molecule has 2 aromatic carbocycles. The highest BCUT2D eigenvalue weighted by Gasteiger charge is 2.25. The first-order chi connectivity index (χ1) is 11.3. The van der Waals surface area contributed by atoms with E-state index in [1.54, 1.807) is 10.6 Å². The number of nitrogens with zero attached hydrogens (tertiary/aromatic N) is 3. The van der Waals surface area contributed by atoms with Gasteiger partial charge in [-0.3, -0.25) is 9.36 Å². The lowest BCUT2D eigenvalue weighted by Gasteiger charge is -2.10. The summed E-state index contributed by atoms with van der Waals surface area (Å²) in [7, 11) is 0. The highest BCUT2D eigenvalue weighted by molar-refractivity contribution is 5.85. The van der Waals surface area contributed by atoms with Crippen LogP contribution in [0.3, 0.4) is 0 Å². The van der Waals surface area contributed by atoms with Gasteiger partial charge in [0, 0.05) is 5.69 Å². The Morgan fingerprint density at radius 2 is 1.83 bits per heavy atom. The largest absolute Gasteiger partial charge is 0.352 e. The van der Waals surface area contributed by atoms with Gasteiger partial charge in [0.15, 0.2) is 5.82 Å². The Kier molecular flexibility index (Phi) is 2.95. The highest BCUT2D eigenvalue weighted by atomic mass is 16.1. The molecular weight excluding hydrogens is 288 g/mol. The van der Waals surface area contributed by atoms with Crippen LogP contribution in [0, 0.1) is 11.3 Å². The summed E-state index contributed by atoms with van der Waals surface area (Å²) in [6, 6.07) is 19.0. The zero-order valence-electron chi connectivity index (χ0n) is 12.2. The fourth-order valence-electron chi connectivity index (χ4n) is 2.77. The van der Waals surface area contributed by atoms with Crippen molar-refractivity contribution in [3.63, 3.8) is 0 Å². The van der Waals surface area contributed by atoms with E-state index in [-0.39, 0.29) is 12.1 Å². The lowest BCUT2D eigenvalue weighted by molar-refractivity contribution is 0.767. The van der Waals surface area contributed by atoms with Gasteiger partial charge in [-0.15, -0.1) is 0 Å². The number of benzene rings is 2. The van der Waals surface area contributed by atoms with Gasteiger partial charge in [0.1, 0.15) is 0 Å². The lowest BCUT2D eigenvalue weighted by Crippen LogP contribution is -2.22. The lowest BCUT2D eigenvalue weighted by atomic mass is 10.2. The van der Waals surface area contributed by atoms with Crippen molar-refractivity contribution in [2.75, 3.05) is 5.32 Å². The number of allylic oxidation sites excluding steroid dienone is 1. The van der Waals surface area contributed by atoms with Crippen LogP contribution in [0.15, 0.2) is 65.0 Å². The Balaban J connectivity index is 1.91. The van der Waals surface area contributed by atoms with Gasteiger partial charge in [-0.2, -0.15) is 5.26 Å². The van der Waals surface area contributed by atoms with Crippen LogP contribution in [-0.4, -0.2) is 9.55 Å². The molecule has 0 radical (unpaired) electrons. The van der Waals surface area contributed by atoms with Gasteiger partial charge in [0.2, 0.25) is 0 Å². The maximum absolute atomic E-state index is 12.6. The summed E-state index contributed by atoms with van der Waals surface area (Å²) in [4.78, 5) is 17.2. The van der Waals surface area contributed by atoms with Crippen molar-refractivity contribution in [2.24, 2.45) is 0 Å². The quantitative estimate of drug-likeness (QED) is 0.790.